The van der Waals surface area contributed by atoms with Crippen LogP contribution in [0.2, 0.25) is 0 Å². The number of nitrogens with zero attached hydrogens (tertiary/aromatic N) is 1. The van der Waals surface area contributed by atoms with E-state index < -0.39 is 29.2 Å². The number of anilines is 1. The number of hydrogen-bond acceptors (Lipinski definition) is 5. The van der Waals surface area contributed by atoms with Crippen molar-refractivity contribution in [2.45, 2.75) is 76.8 Å². The van der Waals surface area contributed by atoms with Crippen LogP contribution in [-0.2, 0) is 19.1 Å². The van der Waals surface area contributed by atoms with Crippen molar-refractivity contribution in [3.8, 4) is 0 Å². The zero-order valence-electron chi connectivity index (χ0n) is 20.9. The summed E-state index contributed by atoms with van der Waals surface area (Å²) in [4.78, 5) is 54.1. The first-order valence-corrected chi connectivity index (χ1v) is 12.7. The van der Waals surface area contributed by atoms with Crippen molar-refractivity contribution in [1.82, 2.24) is 15.5 Å². The van der Waals surface area contributed by atoms with Gasteiger partial charge in [-0.2, -0.15) is 0 Å². The standard InChI is InChI=1S/C26H38N4O5/c1-3-4-11-21(22(31)23(32)27-20-12-7-6-10-19(20)2)28-24(33)26(13-8-5-9-14-26)29-25(34)30-15-17-35-18-16-30/h6-7,10,12,21H,3-5,8-9,11,13-18H2,1-2H3,(H,27,32)(H,28,33)(H,29,34)/t21-/m0/s1. The fourth-order valence-electron chi connectivity index (χ4n) is 4.64. The van der Waals surface area contributed by atoms with Crippen LogP contribution in [0.25, 0.3) is 0 Å². The van der Waals surface area contributed by atoms with Crippen LogP contribution >= 0.6 is 0 Å². The number of aryl methyl sites for hydroxylation is 1. The fourth-order valence-corrected chi connectivity index (χ4v) is 4.64. The Labute approximate surface area is 207 Å². The Morgan fingerprint density at radius 3 is 2.40 bits per heavy atom. The summed E-state index contributed by atoms with van der Waals surface area (Å²) in [6.45, 7) is 5.72. The lowest BCUT2D eigenvalue weighted by molar-refractivity contribution is -0.138. The molecule has 1 aromatic carbocycles. The van der Waals surface area contributed by atoms with E-state index in [9.17, 15) is 19.2 Å². The highest BCUT2D eigenvalue weighted by molar-refractivity contribution is 6.42. The number of benzene rings is 1. The summed E-state index contributed by atoms with van der Waals surface area (Å²) in [7, 11) is 0. The van der Waals surface area contributed by atoms with Gasteiger partial charge in [-0.05, 0) is 37.8 Å². The first kappa shape index (κ1) is 26.7. The molecule has 3 N–H and O–H groups in total. The third-order valence-electron chi connectivity index (χ3n) is 6.87. The lowest BCUT2D eigenvalue weighted by atomic mass is 9.80. The number of para-hydroxylation sites is 1. The van der Waals surface area contributed by atoms with E-state index >= 15 is 0 Å². The number of carbonyl (C=O) groups is 4. The minimum atomic E-state index is -1.09. The Morgan fingerprint density at radius 1 is 1.06 bits per heavy atom. The highest BCUT2D eigenvalue weighted by Crippen LogP contribution is 2.29. The zero-order valence-corrected chi connectivity index (χ0v) is 20.9. The number of carbonyl (C=O) groups excluding carboxylic acids is 4. The molecule has 9 heteroatoms. The molecule has 1 aliphatic carbocycles. The summed E-state index contributed by atoms with van der Waals surface area (Å²) in [5, 5.41) is 8.51. The van der Waals surface area contributed by atoms with Gasteiger partial charge in [-0.25, -0.2) is 4.79 Å². The molecule has 1 aliphatic heterocycles. The topological polar surface area (TPSA) is 117 Å². The van der Waals surface area contributed by atoms with Gasteiger partial charge in [0.05, 0.1) is 19.3 Å². The van der Waals surface area contributed by atoms with Crippen LogP contribution in [0.1, 0.15) is 63.9 Å². The van der Waals surface area contributed by atoms with Crippen LogP contribution < -0.4 is 16.0 Å². The minimum absolute atomic E-state index is 0.293. The Morgan fingerprint density at radius 2 is 1.74 bits per heavy atom. The quantitative estimate of drug-likeness (QED) is 0.464. The van der Waals surface area contributed by atoms with Gasteiger partial charge in [0.15, 0.2) is 0 Å². The van der Waals surface area contributed by atoms with Crippen molar-refractivity contribution >= 4 is 29.3 Å². The molecule has 4 amide bonds. The Kier molecular flexibility index (Phi) is 9.65. The summed E-state index contributed by atoms with van der Waals surface area (Å²) < 4.78 is 5.32. The molecule has 35 heavy (non-hydrogen) atoms. The fraction of sp³-hybridized carbons (Fsp3) is 0.615. The third kappa shape index (κ3) is 7.04. The molecule has 9 nitrogen and oxygen atoms in total. The van der Waals surface area contributed by atoms with Crippen LogP contribution in [0.4, 0.5) is 10.5 Å². The largest absolute Gasteiger partial charge is 0.378 e. The highest BCUT2D eigenvalue weighted by Gasteiger charge is 2.43. The lowest BCUT2D eigenvalue weighted by Gasteiger charge is -2.39. The van der Waals surface area contributed by atoms with E-state index in [0.29, 0.717) is 57.7 Å². The van der Waals surface area contributed by atoms with E-state index in [1.165, 1.54) is 0 Å². The number of unbranched alkanes of at least 4 members (excludes halogenated alkanes) is 1. The maximum atomic E-state index is 13.6. The lowest BCUT2D eigenvalue weighted by Crippen LogP contribution is -2.64. The van der Waals surface area contributed by atoms with Crippen LogP contribution in [0.3, 0.4) is 0 Å². The predicted octanol–water partition coefficient (Wildman–Crippen LogP) is 2.92. The van der Waals surface area contributed by atoms with Gasteiger partial charge in [-0.15, -0.1) is 0 Å². The van der Waals surface area contributed by atoms with Gasteiger partial charge in [0.25, 0.3) is 5.91 Å². The van der Waals surface area contributed by atoms with Crippen molar-refractivity contribution in [3.05, 3.63) is 29.8 Å². The number of rotatable bonds is 9. The third-order valence-corrected chi connectivity index (χ3v) is 6.87. The van der Waals surface area contributed by atoms with Crippen molar-refractivity contribution in [2.75, 3.05) is 31.6 Å². The van der Waals surface area contributed by atoms with Gasteiger partial charge in [0.1, 0.15) is 5.54 Å². The molecule has 1 saturated carbocycles. The highest BCUT2D eigenvalue weighted by atomic mass is 16.5. The SMILES string of the molecule is CCCC[C@H](NC(=O)C1(NC(=O)N2CCOCC2)CCCCC1)C(=O)C(=O)Nc1ccccc1C. The Hall–Kier alpha value is -2.94. The molecule has 2 fully saturated rings. The van der Waals surface area contributed by atoms with E-state index in [2.05, 4.69) is 16.0 Å². The van der Waals surface area contributed by atoms with Crippen LogP contribution in [0, 0.1) is 6.92 Å². The van der Waals surface area contributed by atoms with Gasteiger partial charge in [-0.3, -0.25) is 14.4 Å². The molecule has 1 atom stereocenters. The monoisotopic (exact) mass is 486 g/mol. The second-order valence-corrected chi connectivity index (χ2v) is 9.47. The first-order valence-electron chi connectivity index (χ1n) is 12.7. The molecule has 0 unspecified atom stereocenters. The molecule has 1 heterocycles. The normalized spacial score (nSPS) is 18.3. The van der Waals surface area contributed by atoms with Crippen molar-refractivity contribution < 1.29 is 23.9 Å². The van der Waals surface area contributed by atoms with E-state index in [4.69, 9.17) is 4.74 Å². The maximum Gasteiger partial charge on any atom is 0.318 e. The average molecular weight is 487 g/mol. The molecule has 3 rings (SSSR count). The summed E-state index contributed by atoms with van der Waals surface area (Å²) in [6.07, 6.45) is 5.45. The predicted molar refractivity (Wildman–Crippen MR) is 133 cm³/mol. The molecule has 0 bridgehead atoms. The molecule has 192 valence electrons. The summed E-state index contributed by atoms with van der Waals surface area (Å²) in [6, 6.07) is 5.97. The number of ether oxygens (including phenoxy) is 1. The molecule has 0 spiro atoms. The second-order valence-electron chi connectivity index (χ2n) is 9.47. The van der Waals surface area contributed by atoms with Gasteiger partial charge in [-0.1, -0.05) is 57.2 Å². The van der Waals surface area contributed by atoms with E-state index in [0.717, 1.165) is 31.2 Å². The van der Waals surface area contributed by atoms with Gasteiger partial charge >= 0.3 is 6.03 Å². The van der Waals surface area contributed by atoms with E-state index in [1.54, 1.807) is 17.0 Å². The average Bonchev–Trinajstić information content (AvgIpc) is 2.88. The Balaban J connectivity index is 1.73. The van der Waals surface area contributed by atoms with E-state index in [-0.39, 0.29) is 6.03 Å². The molecular weight excluding hydrogens is 448 g/mol. The van der Waals surface area contributed by atoms with Gasteiger partial charge < -0.3 is 25.6 Å². The number of ketones is 1. The molecule has 2 aliphatic rings. The number of morpholine rings is 1. The van der Waals surface area contributed by atoms with Gasteiger partial charge in [0.2, 0.25) is 11.7 Å². The maximum absolute atomic E-state index is 13.6. The number of amides is 4. The number of nitrogens with one attached hydrogen (secondary N) is 3. The Bertz CT molecular complexity index is 907. The molecular formula is C26H38N4O5. The van der Waals surface area contributed by atoms with Crippen molar-refractivity contribution in [3.63, 3.8) is 0 Å². The number of Topliss-reactive ketones (excluding diaryl/α,β-unsaturated/α-hetero) is 1. The summed E-state index contributed by atoms with van der Waals surface area (Å²) in [5.74, 6) is -1.83. The number of urea groups is 1. The van der Waals surface area contributed by atoms with Crippen LogP contribution in [0.5, 0.6) is 0 Å². The molecule has 1 saturated heterocycles. The van der Waals surface area contributed by atoms with Crippen LogP contribution in [0.15, 0.2) is 24.3 Å². The van der Waals surface area contributed by atoms with Gasteiger partial charge in [0, 0.05) is 18.8 Å². The van der Waals surface area contributed by atoms with Crippen molar-refractivity contribution in [2.24, 2.45) is 0 Å². The molecule has 0 aromatic heterocycles. The number of hydrogen-bond donors (Lipinski definition) is 3. The second kappa shape index (κ2) is 12.7. The van der Waals surface area contributed by atoms with E-state index in [1.807, 2.05) is 26.0 Å². The van der Waals surface area contributed by atoms with Crippen molar-refractivity contribution in [1.29, 1.82) is 0 Å². The summed E-state index contributed by atoms with van der Waals surface area (Å²) in [5.41, 5.74) is 0.313. The minimum Gasteiger partial charge on any atom is -0.378 e. The smallest absolute Gasteiger partial charge is 0.318 e. The first-order chi connectivity index (χ1) is 16.9. The molecule has 0 radical (unpaired) electrons. The van der Waals surface area contributed by atoms with Crippen LogP contribution in [-0.4, -0.2) is 66.4 Å². The molecule has 1 aromatic rings. The zero-order chi connectivity index (χ0) is 25.3. The summed E-state index contributed by atoms with van der Waals surface area (Å²) >= 11 is 0.